The number of nitrogens with zero attached hydrogens (tertiary/aromatic N) is 2. The predicted molar refractivity (Wildman–Crippen MR) is 105 cm³/mol. The van der Waals surface area contributed by atoms with Gasteiger partial charge < -0.3 is 15.2 Å². The van der Waals surface area contributed by atoms with E-state index in [-0.39, 0.29) is 17.5 Å². The Balaban J connectivity index is 1.42. The first-order valence-electron chi connectivity index (χ1n) is 9.07. The summed E-state index contributed by atoms with van der Waals surface area (Å²) >= 11 is 0. The molecule has 0 aliphatic heterocycles. The minimum Gasteiger partial charge on any atom is -0.355 e. The molecule has 2 aromatic heterocycles. The number of hydrogen-bond acceptors (Lipinski definition) is 5. The Hall–Kier alpha value is -3.48. The van der Waals surface area contributed by atoms with Crippen LogP contribution in [0.4, 0.5) is 0 Å². The van der Waals surface area contributed by atoms with Crippen LogP contribution >= 0.6 is 0 Å². The summed E-state index contributed by atoms with van der Waals surface area (Å²) in [6, 6.07) is 14.6. The number of carbonyl (C=O) groups excluding carboxylic acids is 2. The minimum absolute atomic E-state index is 0.166. The number of aryl methyl sites for hydroxylation is 2. The Morgan fingerprint density at radius 1 is 0.964 bits per heavy atom. The maximum atomic E-state index is 12.2. The average molecular weight is 378 g/mol. The quantitative estimate of drug-likeness (QED) is 0.616. The molecule has 0 spiro atoms. The number of nitrogens with one attached hydrogen (secondary N) is 2. The molecule has 0 atom stereocenters. The summed E-state index contributed by atoms with van der Waals surface area (Å²) in [6.45, 7) is 4.55. The van der Waals surface area contributed by atoms with Gasteiger partial charge in [0.2, 0.25) is 0 Å². The molecule has 3 rings (SSSR count). The number of pyridine rings is 1. The first-order chi connectivity index (χ1) is 13.5. The van der Waals surface area contributed by atoms with Crippen molar-refractivity contribution in [2.45, 2.75) is 20.3 Å². The smallest absolute Gasteiger partial charge is 0.273 e. The SMILES string of the molecule is Cc1ccc(C(=O)NCCCNC(=O)c2cc(-c3ccccc3)on2)c(C)n1. The molecule has 3 aromatic rings. The van der Waals surface area contributed by atoms with Crippen molar-refractivity contribution in [1.29, 1.82) is 0 Å². The van der Waals surface area contributed by atoms with Crippen LogP contribution in [0, 0.1) is 13.8 Å². The normalized spacial score (nSPS) is 10.5. The lowest BCUT2D eigenvalue weighted by Crippen LogP contribution is -2.30. The van der Waals surface area contributed by atoms with E-state index in [0.717, 1.165) is 11.3 Å². The Morgan fingerprint density at radius 3 is 2.39 bits per heavy atom. The second kappa shape index (κ2) is 8.94. The Labute approximate surface area is 163 Å². The molecule has 0 fully saturated rings. The summed E-state index contributed by atoms with van der Waals surface area (Å²) in [5.74, 6) is 0.0660. The van der Waals surface area contributed by atoms with Gasteiger partial charge in [-0.2, -0.15) is 0 Å². The summed E-state index contributed by atoms with van der Waals surface area (Å²) < 4.78 is 5.23. The summed E-state index contributed by atoms with van der Waals surface area (Å²) in [7, 11) is 0. The van der Waals surface area contributed by atoms with Crippen molar-refractivity contribution in [1.82, 2.24) is 20.8 Å². The van der Waals surface area contributed by atoms with Crippen molar-refractivity contribution in [2.24, 2.45) is 0 Å². The highest BCUT2D eigenvalue weighted by atomic mass is 16.5. The average Bonchev–Trinajstić information content (AvgIpc) is 3.18. The minimum atomic E-state index is -0.309. The van der Waals surface area contributed by atoms with Gasteiger partial charge in [-0.3, -0.25) is 14.6 Å². The largest absolute Gasteiger partial charge is 0.355 e. The zero-order valence-electron chi connectivity index (χ0n) is 15.9. The van der Waals surface area contributed by atoms with E-state index in [1.54, 1.807) is 12.1 Å². The monoisotopic (exact) mass is 378 g/mol. The molecule has 0 bridgehead atoms. The van der Waals surface area contributed by atoms with Crippen LogP contribution in [0.5, 0.6) is 0 Å². The number of carbonyl (C=O) groups is 2. The maximum Gasteiger partial charge on any atom is 0.273 e. The van der Waals surface area contributed by atoms with Crippen LogP contribution in [0.3, 0.4) is 0 Å². The summed E-state index contributed by atoms with van der Waals surface area (Å²) in [4.78, 5) is 28.6. The number of aromatic nitrogens is 2. The molecule has 0 saturated carbocycles. The van der Waals surface area contributed by atoms with Crippen molar-refractivity contribution in [3.63, 3.8) is 0 Å². The molecule has 2 amide bonds. The van der Waals surface area contributed by atoms with Crippen LogP contribution in [0.15, 0.2) is 53.1 Å². The highest BCUT2D eigenvalue weighted by molar-refractivity contribution is 5.95. The topological polar surface area (TPSA) is 97.1 Å². The number of hydrogen-bond donors (Lipinski definition) is 2. The third-order valence-electron chi connectivity index (χ3n) is 4.20. The van der Waals surface area contributed by atoms with E-state index < -0.39 is 0 Å². The Bertz CT molecular complexity index is 967. The van der Waals surface area contributed by atoms with Crippen molar-refractivity contribution in [3.05, 3.63) is 71.2 Å². The predicted octanol–water partition coefficient (Wildman–Crippen LogP) is 2.90. The maximum absolute atomic E-state index is 12.2. The van der Waals surface area contributed by atoms with Crippen LogP contribution in [0.25, 0.3) is 11.3 Å². The molecular weight excluding hydrogens is 356 g/mol. The van der Waals surface area contributed by atoms with Gasteiger partial charge in [0, 0.05) is 30.4 Å². The number of benzene rings is 1. The first kappa shape index (κ1) is 19.3. The molecule has 0 unspecified atom stereocenters. The lowest BCUT2D eigenvalue weighted by Gasteiger charge is -2.08. The van der Waals surface area contributed by atoms with Crippen molar-refractivity contribution < 1.29 is 14.1 Å². The third kappa shape index (κ3) is 4.82. The Morgan fingerprint density at radius 2 is 1.68 bits per heavy atom. The van der Waals surface area contributed by atoms with E-state index >= 15 is 0 Å². The Kier molecular flexibility index (Phi) is 6.16. The van der Waals surface area contributed by atoms with E-state index in [0.29, 0.717) is 36.5 Å². The molecule has 0 saturated heterocycles. The summed E-state index contributed by atoms with van der Waals surface area (Å²) in [5.41, 5.74) is 3.22. The second-order valence-corrected chi connectivity index (χ2v) is 6.39. The van der Waals surface area contributed by atoms with Crippen LogP contribution in [0.2, 0.25) is 0 Å². The molecule has 0 aliphatic carbocycles. The lowest BCUT2D eigenvalue weighted by atomic mass is 10.1. The summed E-state index contributed by atoms with van der Waals surface area (Å²) in [5, 5.41) is 9.42. The molecule has 7 heteroatoms. The van der Waals surface area contributed by atoms with Gasteiger partial charge in [-0.15, -0.1) is 0 Å². The van der Waals surface area contributed by atoms with E-state index in [1.165, 1.54) is 0 Å². The van der Waals surface area contributed by atoms with E-state index in [4.69, 9.17) is 4.52 Å². The second-order valence-electron chi connectivity index (χ2n) is 6.39. The van der Waals surface area contributed by atoms with Gasteiger partial charge in [0.15, 0.2) is 11.5 Å². The zero-order valence-corrected chi connectivity index (χ0v) is 15.9. The molecule has 0 aliphatic rings. The highest BCUT2D eigenvalue weighted by Gasteiger charge is 2.13. The number of amides is 2. The van der Waals surface area contributed by atoms with Gasteiger partial charge in [0.1, 0.15) is 0 Å². The lowest BCUT2D eigenvalue weighted by molar-refractivity contribution is 0.0944. The fourth-order valence-electron chi connectivity index (χ4n) is 2.73. The van der Waals surface area contributed by atoms with E-state index in [9.17, 15) is 9.59 Å². The van der Waals surface area contributed by atoms with Crippen molar-refractivity contribution in [2.75, 3.05) is 13.1 Å². The van der Waals surface area contributed by atoms with Gasteiger partial charge in [-0.25, -0.2) is 0 Å². The highest BCUT2D eigenvalue weighted by Crippen LogP contribution is 2.19. The molecule has 144 valence electrons. The van der Waals surface area contributed by atoms with Crippen LogP contribution < -0.4 is 10.6 Å². The molecular formula is C21H22N4O3. The van der Waals surface area contributed by atoms with Crippen LogP contribution in [-0.4, -0.2) is 35.0 Å². The van der Waals surface area contributed by atoms with Gasteiger partial charge >= 0.3 is 0 Å². The van der Waals surface area contributed by atoms with Crippen molar-refractivity contribution in [3.8, 4) is 11.3 Å². The van der Waals surface area contributed by atoms with Crippen molar-refractivity contribution >= 4 is 11.8 Å². The molecule has 7 nitrogen and oxygen atoms in total. The molecule has 2 heterocycles. The van der Waals surface area contributed by atoms with Gasteiger partial charge in [0.05, 0.1) is 11.3 Å². The standard InChI is InChI=1S/C21H22N4O3/c1-14-9-10-17(15(2)24-14)20(26)22-11-6-12-23-21(27)18-13-19(28-25-18)16-7-4-3-5-8-16/h3-5,7-10,13H,6,11-12H2,1-2H3,(H,22,26)(H,23,27). The summed E-state index contributed by atoms with van der Waals surface area (Å²) in [6.07, 6.45) is 0.596. The first-order valence-corrected chi connectivity index (χ1v) is 9.07. The number of rotatable bonds is 7. The van der Waals surface area contributed by atoms with Gasteiger partial charge in [0.25, 0.3) is 11.8 Å². The molecule has 28 heavy (non-hydrogen) atoms. The molecule has 2 N–H and O–H groups in total. The molecule has 0 radical (unpaired) electrons. The van der Waals surface area contributed by atoms with Gasteiger partial charge in [-0.1, -0.05) is 35.5 Å². The zero-order chi connectivity index (χ0) is 19.9. The third-order valence-corrected chi connectivity index (χ3v) is 4.20. The molecule has 1 aromatic carbocycles. The van der Waals surface area contributed by atoms with Gasteiger partial charge in [-0.05, 0) is 32.4 Å². The van der Waals surface area contributed by atoms with Crippen LogP contribution in [0.1, 0.15) is 38.7 Å². The fourth-order valence-corrected chi connectivity index (χ4v) is 2.73. The fraction of sp³-hybridized carbons (Fsp3) is 0.238. The van der Waals surface area contributed by atoms with E-state index in [1.807, 2.05) is 50.2 Å². The van der Waals surface area contributed by atoms with E-state index in [2.05, 4.69) is 20.8 Å². The van der Waals surface area contributed by atoms with Crippen LogP contribution in [-0.2, 0) is 0 Å².